The fourth-order valence-electron chi connectivity index (χ4n) is 0. The Morgan fingerprint density at radius 3 is 0.333 bits per heavy atom. The van der Waals surface area contributed by atoms with Crippen LogP contribution in [0.15, 0.2) is 0 Å². The van der Waals surface area contributed by atoms with Crippen molar-refractivity contribution in [1.29, 1.82) is 0 Å². The number of rotatable bonds is 0. The topological polar surface area (TPSA) is 277 Å². The van der Waals surface area contributed by atoms with Gasteiger partial charge in [-0.25, -0.2) is 0 Å². The Labute approximate surface area is 159 Å². The molecule has 0 aliphatic carbocycles. The molecule has 0 saturated heterocycles. The van der Waals surface area contributed by atoms with Crippen molar-refractivity contribution in [2.24, 2.45) is 0 Å². The molecule has 1 radical (unpaired) electrons. The van der Waals surface area contributed by atoms with Gasteiger partial charge in [0.1, 0.15) is 0 Å². The molecule has 18 heteroatoms. The van der Waals surface area contributed by atoms with Crippen molar-refractivity contribution in [1.82, 2.24) is 0 Å². The van der Waals surface area contributed by atoms with E-state index < -0.39 is 43.1 Å². The van der Waals surface area contributed by atoms with Crippen molar-refractivity contribution in [2.45, 2.75) is 0 Å². The van der Waals surface area contributed by atoms with Crippen LogP contribution in [0, 0.1) is 43.1 Å². The minimum atomic E-state index is -2.85. The molecule has 0 aliphatic rings. The predicted octanol–water partition coefficient (Wildman–Crippen LogP) is -14.7. The molecule has 0 heterocycles. The first-order chi connectivity index (χ1) is 6.93. The molecule has 0 amide bonds. The van der Waals surface area contributed by atoms with Crippen LogP contribution in [-0.2, 0) is 17.1 Å². The summed E-state index contributed by atoms with van der Waals surface area (Å²) in [5.74, 6) is 0. The van der Waals surface area contributed by atoms with Crippen LogP contribution < -0.4 is 55.9 Å². The Morgan fingerprint density at radius 2 is 0.333 bits per heavy atom. The molecule has 0 fully saturated rings. The molecule has 0 aliphatic heterocycles. The summed E-state index contributed by atoms with van der Waals surface area (Å²) >= 11 is 0. The fourth-order valence-corrected chi connectivity index (χ4v) is 0. The van der Waals surface area contributed by atoms with E-state index >= 15 is 0 Å². The third-order valence-corrected chi connectivity index (χ3v) is 0. The summed E-state index contributed by atoms with van der Waals surface area (Å²) in [6.45, 7) is 0. The summed E-state index contributed by atoms with van der Waals surface area (Å²) in [5.41, 5.74) is 0. The van der Waals surface area contributed by atoms with Crippen LogP contribution in [0.2, 0.25) is 0 Å². The van der Waals surface area contributed by atoms with Gasteiger partial charge in [0, 0.05) is 0 Å². The average Bonchev–Trinajstić information content (AvgIpc) is 1.76. The van der Waals surface area contributed by atoms with Gasteiger partial charge in [0.05, 0.1) is 43.1 Å². The van der Waals surface area contributed by atoms with E-state index in [1.54, 1.807) is 0 Å². The second-order valence-electron chi connectivity index (χ2n) is 0.756. The fraction of sp³-hybridized carbons (Fsp3) is 0. The summed E-state index contributed by atoms with van der Waals surface area (Å²) in [4.78, 5) is 0. The van der Waals surface area contributed by atoms with E-state index in [1.807, 2.05) is 0 Å². The molecule has 0 saturated carbocycles. The largest absolute Gasteiger partial charge is 2.00 e. The minimum Gasteiger partial charge on any atom is -0.357 e. The zero-order valence-corrected chi connectivity index (χ0v) is 15.2. The van der Waals surface area contributed by atoms with Gasteiger partial charge in [-0.2, -0.15) is 0 Å². The molecule has 0 bridgehead atoms. The first kappa shape index (κ1) is 37.2. The molecule has 0 aromatic carbocycles. The third kappa shape index (κ3) is 813. The quantitative estimate of drug-likeness (QED) is 0.294. The molecule has 18 heavy (non-hydrogen) atoms. The Balaban J connectivity index is -0.0000000257. The maximum atomic E-state index is 8.41. The first-order valence-electron chi connectivity index (χ1n) is 1.85. The third-order valence-electron chi connectivity index (χ3n) is 0. The second kappa shape index (κ2) is 31.9. The summed E-state index contributed by atoms with van der Waals surface area (Å²) in [6.07, 6.45) is 0. The van der Waals surface area contributed by atoms with E-state index in [0.717, 1.165) is 0 Å². The van der Waals surface area contributed by atoms with Crippen LogP contribution >= 0.6 is 0 Å². The van der Waals surface area contributed by atoms with E-state index in [-0.39, 0.29) is 62.6 Å². The maximum absolute atomic E-state index is 8.41. The molecule has 0 aromatic heterocycles. The summed E-state index contributed by atoms with van der Waals surface area (Å²) < 4.78 is 101. The van der Waals surface area contributed by atoms with Crippen LogP contribution in [0.3, 0.4) is 0 Å². The monoisotopic (exact) mass is 475 g/mol. The first-order valence-corrected chi connectivity index (χ1v) is 5.55. The minimum absolute atomic E-state index is 0. The van der Waals surface area contributed by atoms with E-state index in [2.05, 4.69) is 0 Å². The predicted molar refractivity (Wildman–Crippen MR) is 5.75 cm³/mol. The zero-order chi connectivity index (χ0) is 14.3. The van der Waals surface area contributed by atoms with Crippen molar-refractivity contribution in [3.05, 3.63) is 0 Å². The van der Waals surface area contributed by atoms with E-state index in [4.69, 9.17) is 55.9 Å². The number of hydrogen-bond donors (Lipinski definition) is 0. The molecule has 0 unspecified atom stereocenters. The standard InChI is InChI=1S/4ClO3.Mn.Sr/c4*2-1(3)4;;/q4*-1;2*+2. The van der Waals surface area contributed by atoms with E-state index in [1.165, 1.54) is 0 Å². The van der Waals surface area contributed by atoms with Crippen molar-refractivity contribution in [3.63, 3.8) is 0 Å². The zero-order valence-electron chi connectivity index (χ0n) is 7.50. The molecule has 0 rings (SSSR count). The number of halogens is 4. The van der Waals surface area contributed by atoms with Gasteiger partial charge >= 0.3 is 62.6 Å². The molecule has 0 atom stereocenters. The Kier molecular flexibility index (Phi) is 65.8. The normalized spacial score (nSPS) is 8.00. The summed E-state index contributed by atoms with van der Waals surface area (Å²) in [6, 6.07) is 0. The molecular formula is Cl4MnO12Sr. The Morgan fingerprint density at radius 1 is 0.333 bits per heavy atom. The molecular weight excluding hydrogens is 476 g/mol. The summed E-state index contributed by atoms with van der Waals surface area (Å²) in [5, 5.41) is 0. The summed E-state index contributed by atoms with van der Waals surface area (Å²) in [7, 11) is -11.4. The van der Waals surface area contributed by atoms with Gasteiger partial charge in [0.2, 0.25) is 0 Å². The Hall–Kier alpha value is 2.68. The molecule has 0 N–H and O–H groups in total. The molecule has 109 valence electrons. The van der Waals surface area contributed by atoms with Gasteiger partial charge in [-0.15, -0.1) is 0 Å². The second-order valence-corrected chi connectivity index (χ2v) is 2.27. The molecule has 12 nitrogen and oxygen atoms in total. The van der Waals surface area contributed by atoms with Crippen molar-refractivity contribution >= 4 is 45.5 Å². The van der Waals surface area contributed by atoms with Gasteiger partial charge < -0.3 is 55.9 Å². The Bertz CT molecular complexity index is 67.1. The maximum Gasteiger partial charge on any atom is 2.00 e. The van der Waals surface area contributed by atoms with Gasteiger partial charge in [0.15, 0.2) is 0 Å². The van der Waals surface area contributed by atoms with Crippen LogP contribution in [0.5, 0.6) is 0 Å². The van der Waals surface area contributed by atoms with Crippen LogP contribution in [0.1, 0.15) is 0 Å². The van der Waals surface area contributed by atoms with Crippen LogP contribution in [0.4, 0.5) is 0 Å². The average molecular weight is 476 g/mol. The van der Waals surface area contributed by atoms with Gasteiger partial charge in [-0.3, -0.25) is 0 Å². The molecule has 0 spiro atoms. The van der Waals surface area contributed by atoms with Crippen molar-refractivity contribution in [3.8, 4) is 0 Å². The van der Waals surface area contributed by atoms with Crippen molar-refractivity contribution < 1.29 is 116 Å². The van der Waals surface area contributed by atoms with Gasteiger partial charge in [0.25, 0.3) is 0 Å². The number of hydrogen-bond acceptors (Lipinski definition) is 12. The van der Waals surface area contributed by atoms with Gasteiger partial charge in [-0.1, -0.05) is 0 Å². The molecule has 0 aromatic rings. The van der Waals surface area contributed by atoms with Crippen LogP contribution in [0.25, 0.3) is 0 Å². The van der Waals surface area contributed by atoms with Crippen LogP contribution in [-0.4, -0.2) is 45.5 Å². The van der Waals surface area contributed by atoms with E-state index in [9.17, 15) is 0 Å². The van der Waals surface area contributed by atoms with E-state index in [0.29, 0.717) is 0 Å². The smallest absolute Gasteiger partial charge is 0.357 e. The SMILES string of the molecule is [Mn+2].[O-][Cl+2]([O-])[O-].[O-][Cl+2]([O-])[O-].[O-][Cl+2]([O-])[O-].[O-][Cl+2]([O-])[O-].[Sr+2]. The van der Waals surface area contributed by atoms with Gasteiger partial charge in [-0.05, 0) is 0 Å². The van der Waals surface area contributed by atoms with Crippen molar-refractivity contribution in [2.75, 3.05) is 0 Å².